The summed E-state index contributed by atoms with van der Waals surface area (Å²) in [7, 11) is 0. The summed E-state index contributed by atoms with van der Waals surface area (Å²) in [5.74, 6) is -1.24. The quantitative estimate of drug-likeness (QED) is 0.694. The number of ether oxygens (including phenoxy) is 1. The number of hydrogen-bond acceptors (Lipinski definition) is 4. The summed E-state index contributed by atoms with van der Waals surface area (Å²) >= 11 is 5.93. The van der Waals surface area contributed by atoms with Crippen LogP contribution in [0.15, 0.2) is 54.6 Å². The number of hydrogen-bond donors (Lipinski definition) is 2. The first-order chi connectivity index (χ1) is 12.6. The van der Waals surface area contributed by atoms with Gasteiger partial charge in [0.25, 0.3) is 5.91 Å². The Morgan fingerprint density at radius 3 is 2.35 bits per heavy atom. The van der Waals surface area contributed by atoms with Crippen LogP contribution in [0.4, 0.5) is 0 Å². The molecular formula is C19H19ClN2O4. The molecule has 0 spiro atoms. The highest BCUT2D eigenvalue weighted by atomic mass is 35.5. The highest BCUT2D eigenvalue weighted by molar-refractivity contribution is 6.33. The van der Waals surface area contributed by atoms with Crippen molar-refractivity contribution in [2.24, 2.45) is 0 Å². The van der Waals surface area contributed by atoms with Crippen LogP contribution >= 0.6 is 11.6 Å². The van der Waals surface area contributed by atoms with E-state index < -0.39 is 5.97 Å². The first kappa shape index (κ1) is 19.5. The van der Waals surface area contributed by atoms with Gasteiger partial charge in [0.1, 0.15) is 13.2 Å². The van der Waals surface area contributed by atoms with E-state index in [-0.39, 0.29) is 37.9 Å². The molecule has 26 heavy (non-hydrogen) atoms. The van der Waals surface area contributed by atoms with Crippen LogP contribution in [0.2, 0.25) is 5.02 Å². The molecule has 136 valence electrons. The van der Waals surface area contributed by atoms with E-state index in [2.05, 4.69) is 10.6 Å². The van der Waals surface area contributed by atoms with E-state index in [0.29, 0.717) is 10.6 Å². The summed E-state index contributed by atoms with van der Waals surface area (Å²) in [5, 5.41) is 5.40. The van der Waals surface area contributed by atoms with Gasteiger partial charge in [0.15, 0.2) is 0 Å². The lowest BCUT2D eigenvalue weighted by atomic mass is 10.2. The molecule has 0 fully saturated rings. The SMILES string of the molecule is O=C(CCNC(=O)c1ccccc1Cl)NCC(=O)OCc1ccccc1. The zero-order valence-corrected chi connectivity index (χ0v) is 14.8. The molecule has 2 aromatic rings. The molecule has 2 amide bonds. The molecule has 0 bridgehead atoms. The molecule has 7 heteroatoms. The number of benzene rings is 2. The number of rotatable bonds is 8. The number of halogens is 1. The lowest BCUT2D eigenvalue weighted by molar-refractivity contribution is -0.145. The fourth-order valence-corrected chi connectivity index (χ4v) is 2.30. The van der Waals surface area contributed by atoms with Gasteiger partial charge < -0.3 is 15.4 Å². The Balaban J connectivity index is 1.62. The largest absolute Gasteiger partial charge is 0.460 e. The fourth-order valence-electron chi connectivity index (χ4n) is 2.08. The summed E-state index contributed by atoms with van der Waals surface area (Å²) in [6.45, 7) is 0.0719. The molecule has 2 rings (SSSR count). The number of esters is 1. The predicted molar refractivity (Wildman–Crippen MR) is 97.6 cm³/mol. The summed E-state index contributed by atoms with van der Waals surface area (Å²) in [5.41, 5.74) is 1.22. The van der Waals surface area contributed by atoms with Crippen molar-refractivity contribution in [2.45, 2.75) is 13.0 Å². The van der Waals surface area contributed by atoms with Crippen LogP contribution in [-0.2, 0) is 20.9 Å². The molecule has 0 aliphatic carbocycles. The normalized spacial score (nSPS) is 10.0. The Labute approximate surface area is 156 Å². The molecule has 0 heterocycles. The van der Waals surface area contributed by atoms with Gasteiger partial charge in [-0.25, -0.2) is 0 Å². The first-order valence-corrected chi connectivity index (χ1v) is 8.43. The van der Waals surface area contributed by atoms with Gasteiger partial charge in [0.05, 0.1) is 10.6 Å². The van der Waals surface area contributed by atoms with Gasteiger partial charge in [-0.1, -0.05) is 54.1 Å². The fraction of sp³-hybridized carbons (Fsp3) is 0.211. The van der Waals surface area contributed by atoms with E-state index in [4.69, 9.17) is 16.3 Å². The molecule has 0 saturated heterocycles. The third-order valence-corrected chi connectivity index (χ3v) is 3.76. The van der Waals surface area contributed by atoms with Gasteiger partial charge in [0.2, 0.25) is 5.91 Å². The molecule has 0 aliphatic rings. The standard InChI is InChI=1S/C19H19ClN2O4/c20-16-9-5-4-8-15(16)19(25)21-11-10-17(23)22-12-18(24)26-13-14-6-2-1-3-7-14/h1-9H,10-13H2,(H,21,25)(H,22,23). The van der Waals surface area contributed by atoms with Crippen LogP contribution in [0.1, 0.15) is 22.3 Å². The molecule has 2 N–H and O–H groups in total. The molecule has 0 atom stereocenters. The summed E-state index contributed by atoms with van der Waals surface area (Å²) in [6, 6.07) is 15.9. The number of carbonyl (C=O) groups excluding carboxylic acids is 3. The minimum atomic E-state index is -0.526. The average molecular weight is 375 g/mol. The number of nitrogens with one attached hydrogen (secondary N) is 2. The van der Waals surface area contributed by atoms with E-state index in [9.17, 15) is 14.4 Å². The van der Waals surface area contributed by atoms with Crippen molar-refractivity contribution in [2.75, 3.05) is 13.1 Å². The summed E-state index contributed by atoms with van der Waals surface area (Å²) < 4.78 is 5.05. The maximum atomic E-state index is 11.9. The molecule has 6 nitrogen and oxygen atoms in total. The Morgan fingerprint density at radius 1 is 0.923 bits per heavy atom. The Morgan fingerprint density at radius 2 is 1.62 bits per heavy atom. The molecular weight excluding hydrogens is 356 g/mol. The van der Waals surface area contributed by atoms with Gasteiger partial charge in [0, 0.05) is 13.0 Å². The summed E-state index contributed by atoms with van der Waals surface area (Å²) in [4.78, 5) is 35.2. The zero-order valence-electron chi connectivity index (χ0n) is 14.0. The van der Waals surface area contributed by atoms with Crippen molar-refractivity contribution in [1.82, 2.24) is 10.6 Å². The van der Waals surface area contributed by atoms with Crippen molar-refractivity contribution in [3.63, 3.8) is 0 Å². The van der Waals surface area contributed by atoms with Crippen LogP contribution in [0.5, 0.6) is 0 Å². The molecule has 0 radical (unpaired) electrons. The number of amides is 2. The van der Waals surface area contributed by atoms with Crippen LogP contribution in [0.3, 0.4) is 0 Å². The van der Waals surface area contributed by atoms with Gasteiger partial charge in [-0.05, 0) is 17.7 Å². The van der Waals surface area contributed by atoms with Crippen LogP contribution in [0, 0.1) is 0 Å². The highest BCUT2D eigenvalue weighted by Crippen LogP contribution is 2.14. The molecule has 0 aromatic heterocycles. The highest BCUT2D eigenvalue weighted by Gasteiger charge is 2.10. The second-order valence-electron chi connectivity index (χ2n) is 5.41. The van der Waals surface area contributed by atoms with Crippen LogP contribution < -0.4 is 10.6 Å². The second kappa shape index (κ2) is 10.2. The van der Waals surface area contributed by atoms with Crippen molar-refractivity contribution in [1.29, 1.82) is 0 Å². The van der Waals surface area contributed by atoms with E-state index >= 15 is 0 Å². The van der Waals surface area contributed by atoms with Crippen LogP contribution in [-0.4, -0.2) is 30.9 Å². The second-order valence-corrected chi connectivity index (χ2v) is 5.82. The van der Waals surface area contributed by atoms with E-state index in [0.717, 1.165) is 5.56 Å². The van der Waals surface area contributed by atoms with E-state index in [1.807, 2.05) is 30.3 Å². The lowest BCUT2D eigenvalue weighted by Gasteiger charge is -2.08. The third kappa shape index (κ3) is 6.57. The Bertz CT molecular complexity index is 765. The van der Waals surface area contributed by atoms with Crippen molar-refractivity contribution >= 4 is 29.4 Å². The summed E-state index contributed by atoms with van der Waals surface area (Å²) in [6.07, 6.45) is 0.0438. The van der Waals surface area contributed by atoms with E-state index in [1.165, 1.54) is 0 Å². The van der Waals surface area contributed by atoms with Crippen molar-refractivity contribution in [3.8, 4) is 0 Å². The van der Waals surface area contributed by atoms with Gasteiger partial charge in [-0.3, -0.25) is 14.4 Å². The topological polar surface area (TPSA) is 84.5 Å². The van der Waals surface area contributed by atoms with Gasteiger partial charge in [-0.2, -0.15) is 0 Å². The van der Waals surface area contributed by atoms with Gasteiger partial charge >= 0.3 is 5.97 Å². The Hall–Kier alpha value is -2.86. The van der Waals surface area contributed by atoms with Crippen molar-refractivity contribution in [3.05, 3.63) is 70.7 Å². The minimum Gasteiger partial charge on any atom is -0.460 e. The molecule has 0 aliphatic heterocycles. The van der Waals surface area contributed by atoms with Crippen molar-refractivity contribution < 1.29 is 19.1 Å². The minimum absolute atomic E-state index is 0.0438. The zero-order chi connectivity index (χ0) is 18.8. The first-order valence-electron chi connectivity index (χ1n) is 8.05. The molecule has 2 aromatic carbocycles. The predicted octanol–water partition coefficient (Wildman–Crippen LogP) is 2.32. The Kier molecular flexibility index (Phi) is 7.64. The molecule has 0 saturated carbocycles. The van der Waals surface area contributed by atoms with Crippen LogP contribution in [0.25, 0.3) is 0 Å². The third-order valence-electron chi connectivity index (χ3n) is 3.43. The lowest BCUT2D eigenvalue weighted by Crippen LogP contribution is -2.34. The molecule has 0 unspecified atom stereocenters. The van der Waals surface area contributed by atoms with Gasteiger partial charge in [-0.15, -0.1) is 0 Å². The maximum absolute atomic E-state index is 11.9. The maximum Gasteiger partial charge on any atom is 0.325 e. The monoisotopic (exact) mass is 374 g/mol. The smallest absolute Gasteiger partial charge is 0.325 e. The number of carbonyl (C=O) groups is 3. The average Bonchev–Trinajstić information content (AvgIpc) is 2.65. The van der Waals surface area contributed by atoms with E-state index in [1.54, 1.807) is 24.3 Å².